The van der Waals surface area contributed by atoms with Crippen molar-refractivity contribution in [2.75, 3.05) is 6.61 Å². The quantitative estimate of drug-likeness (QED) is 0.483. The van der Waals surface area contributed by atoms with Crippen LogP contribution in [0.25, 0.3) is 11.1 Å². The summed E-state index contributed by atoms with van der Waals surface area (Å²) in [6.07, 6.45) is 1.65. The van der Waals surface area contributed by atoms with Gasteiger partial charge in [-0.2, -0.15) is 0 Å². The molecule has 0 saturated carbocycles. The Morgan fingerprint density at radius 2 is 1.73 bits per heavy atom. The van der Waals surface area contributed by atoms with Gasteiger partial charge in [-0.05, 0) is 52.8 Å². The van der Waals surface area contributed by atoms with Crippen LogP contribution in [0.1, 0.15) is 43.6 Å². The number of amides is 1. The van der Waals surface area contributed by atoms with Crippen molar-refractivity contribution in [1.29, 1.82) is 0 Å². The molecule has 1 amide bonds. The Morgan fingerprint density at radius 1 is 1.00 bits per heavy atom. The zero-order chi connectivity index (χ0) is 24.0. The lowest BCUT2D eigenvalue weighted by Gasteiger charge is -2.16. The first-order valence-electron chi connectivity index (χ1n) is 11.2. The van der Waals surface area contributed by atoms with Crippen molar-refractivity contribution in [3.05, 3.63) is 88.1 Å². The Hall–Kier alpha value is -3.41. The molecule has 0 aliphatic carbocycles. The van der Waals surface area contributed by atoms with Gasteiger partial charge in [0, 0.05) is 19.3 Å². The number of ether oxygens (including phenoxy) is 1. The lowest BCUT2D eigenvalue weighted by atomic mass is 10.0. The van der Waals surface area contributed by atoms with E-state index in [4.69, 9.17) is 4.74 Å². The number of benzene rings is 2. The molecule has 0 atom stereocenters. The number of nitrogens with zero attached hydrogens (tertiary/aromatic N) is 1. The minimum Gasteiger partial charge on any atom is -0.487 e. The topological polar surface area (TPSA) is 60.3 Å². The molecule has 3 aromatic rings. The second-order valence-electron chi connectivity index (χ2n) is 9.00. The summed E-state index contributed by atoms with van der Waals surface area (Å²) in [5.41, 5.74) is 2.65. The molecule has 0 fully saturated rings. The molecule has 1 aromatic heterocycles. The van der Waals surface area contributed by atoms with E-state index in [1.807, 2.05) is 52.0 Å². The number of carbonyl (C=O) groups is 1. The first-order chi connectivity index (χ1) is 15.7. The number of nitrogens with one attached hydrogen (secondary N) is 1. The van der Waals surface area contributed by atoms with Crippen LogP contribution in [0.15, 0.2) is 65.6 Å². The van der Waals surface area contributed by atoms with Crippen LogP contribution in [0.5, 0.6) is 5.75 Å². The molecule has 33 heavy (non-hydrogen) atoms. The second kappa shape index (κ2) is 10.9. The fraction of sp³-hybridized carbons (Fsp3) is 0.333. The van der Waals surface area contributed by atoms with E-state index in [0.29, 0.717) is 13.2 Å². The van der Waals surface area contributed by atoms with E-state index in [1.54, 1.807) is 29.0 Å². The fourth-order valence-corrected chi connectivity index (χ4v) is 3.44. The Balaban J connectivity index is 1.79. The van der Waals surface area contributed by atoms with Crippen molar-refractivity contribution >= 4 is 5.91 Å². The first kappa shape index (κ1) is 24.2. The maximum absolute atomic E-state index is 13.2. The molecule has 3 rings (SSSR count). The van der Waals surface area contributed by atoms with Crippen molar-refractivity contribution in [2.24, 2.45) is 11.8 Å². The molecular formula is C27H31FN2O3. The SMILES string of the molecule is CC(C)COc1c(C(=O)NCc2cccc(-c3ccc(F)cc3)c2)ccn(CC(C)C)c1=O. The molecule has 0 bridgehead atoms. The third-order valence-corrected chi connectivity index (χ3v) is 5.05. The zero-order valence-electron chi connectivity index (χ0n) is 19.6. The number of carbonyl (C=O) groups excluding carboxylic acids is 1. The van der Waals surface area contributed by atoms with Gasteiger partial charge >= 0.3 is 0 Å². The Bertz CT molecular complexity index is 1150. The van der Waals surface area contributed by atoms with Gasteiger partial charge in [0.1, 0.15) is 5.82 Å². The average molecular weight is 451 g/mol. The number of aromatic nitrogens is 1. The molecule has 174 valence electrons. The summed E-state index contributed by atoms with van der Waals surface area (Å²) in [5, 5.41) is 2.89. The maximum Gasteiger partial charge on any atom is 0.293 e. The van der Waals surface area contributed by atoms with Crippen LogP contribution in [-0.4, -0.2) is 17.1 Å². The first-order valence-corrected chi connectivity index (χ1v) is 11.2. The predicted octanol–water partition coefficient (Wildman–Crippen LogP) is 5.28. The molecule has 5 nitrogen and oxygen atoms in total. The Labute approximate surface area is 194 Å². The maximum atomic E-state index is 13.2. The summed E-state index contributed by atoms with van der Waals surface area (Å²) in [7, 11) is 0. The molecule has 1 N–H and O–H groups in total. The van der Waals surface area contributed by atoms with Gasteiger partial charge in [-0.25, -0.2) is 4.39 Å². The van der Waals surface area contributed by atoms with Gasteiger partial charge in [0.05, 0.1) is 12.2 Å². The van der Waals surface area contributed by atoms with E-state index in [-0.39, 0.29) is 47.0 Å². The molecule has 1 heterocycles. The minimum atomic E-state index is -0.366. The van der Waals surface area contributed by atoms with E-state index >= 15 is 0 Å². The largest absolute Gasteiger partial charge is 0.487 e. The second-order valence-corrected chi connectivity index (χ2v) is 9.00. The number of hydrogen-bond donors (Lipinski definition) is 1. The Morgan fingerprint density at radius 3 is 2.39 bits per heavy atom. The minimum absolute atomic E-state index is 0.0874. The molecule has 0 unspecified atom stereocenters. The lowest BCUT2D eigenvalue weighted by molar-refractivity contribution is 0.0945. The molecule has 0 spiro atoms. The van der Waals surface area contributed by atoms with E-state index in [0.717, 1.165) is 16.7 Å². The van der Waals surface area contributed by atoms with Gasteiger partial charge in [-0.15, -0.1) is 0 Å². The Kier molecular flexibility index (Phi) is 8.04. The summed E-state index contributed by atoms with van der Waals surface area (Å²) < 4.78 is 20.6. The van der Waals surface area contributed by atoms with Gasteiger partial charge in [-0.3, -0.25) is 9.59 Å². The van der Waals surface area contributed by atoms with Crippen LogP contribution in [-0.2, 0) is 13.1 Å². The van der Waals surface area contributed by atoms with Crippen molar-refractivity contribution in [3.8, 4) is 16.9 Å². The number of pyridine rings is 1. The monoisotopic (exact) mass is 450 g/mol. The van der Waals surface area contributed by atoms with Crippen molar-refractivity contribution in [2.45, 2.75) is 40.8 Å². The average Bonchev–Trinajstić information content (AvgIpc) is 2.78. The van der Waals surface area contributed by atoms with Gasteiger partial charge in [0.15, 0.2) is 5.75 Å². The van der Waals surface area contributed by atoms with Crippen LogP contribution < -0.4 is 15.6 Å². The highest BCUT2D eigenvalue weighted by Gasteiger charge is 2.19. The normalized spacial score (nSPS) is 11.1. The van der Waals surface area contributed by atoms with Crippen LogP contribution >= 0.6 is 0 Å². The molecule has 2 aromatic carbocycles. The van der Waals surface area contributed by atoms with Crippen molar-refractivity contribution in [1.82, 2.24) is 9.88 Å². The standard InChI is InChI=1S/C27H31FN2O3/c1-18(2)16-30-13-12-24(25(27(30)32)33-17-19(3)4)26(31)29-15-20-6-5-7-22(14-20)21-8-10-23(28)11-9-21/h5-14,18-19H,15-17H2,1-4H3,(H,29,31). The van der Waals surface area contributed by atoms with Gasteiger partial charge in [-0.1, -0.05) is 58.0 Å². The molecular weight excluding hydrogens is 419 g/mol. The third kappa shape index (κ3) is 6.54. The molecule has 0 saturated heterocycles. The number of halogens is 1. The summed E-state index contributed by atoms with van der Waals surface area (Å²) in [6, 6.07) is 15.6. The van der Waals surface area contributed by atoms with Crippen molar-refractivity contribution in [3.63, 3.8) is 0 Å². The molecule has 0 radical (unpaired) electrons. The third-order valence-electron chi connectivity index (χ3n) is 5.05. The van der Waals surface area contributed by atoms with Gasteiger partial charge in [0.25, 0.3) is 11.5 Å². The summed E-state index contributed by atoms with van der Waals surface area (Å²) in [6.45, 7) is 9.22. The van der Waals surface area contributed by atoms with E-state index < -0.39 is 0 Å². The summed E-state index contributed by atoms with van der Waals surface area (Å²) in [4.78, 5) is 26.0. The number of rotatable bonds is 9. The summed E-state index contributed by atoms with van der Waals surface area (Å²) >= 11 is 0. The van der Waals surface area contributed by atoms with Crippen LogP contribution in [0, 0.1) is 17.7 Å². The zero-order valence-corrected chi connectivity index (χ0v) is 19.6. The van der Waals surface area contributed by atoms with Crippen LogP contribution in [0.2, 0.25) is 0 Å². The van der Waals surface area contributed by atoms with Gasteiger partial charge < -0.3 is 14.6 Å². The fourth-order valence-electron chi connectivity index (χ4n) is 3.44. The van der Waals surface area contributed by atoms with Crippen molar-refractivity contribution < 1.29 is 13.9 Å². The molecule has 0 aliphatic rings. The molecule has 6 heteroatoms. The predicted molar refractivity (Wildman–Crippen MR) is 129 cm³/mol. The van der Waals surface area contributed by atoms with E-state index in [1.165, 1.54) is 12.1 Å². The van der Waals surface area contributed by atoms with Crippen LogP contribution in [0.4, 0.5) is 4.39 Å². The summed E-state index contributed by atoms with van der Waals surface area (Å²) in [5.74, 6) is -0.0610. The van der Waals surface area contributed by atoms with E-state index in [2.05, 4.69) is 5.32 Å². The molecule has 0 aliphatic heterocycles. The van der Waals surface area contributed by atoms with Crippen LogP contribution in [0.3, 0.4) is 0 Å². The smallest absolute Gasteiger partial charge is 0.293 e. The van der Waals surface area contributed by atoms with Gasteiger partial charge in [0.2, 0.25) is 0 Å². The van der Waals surface area contributed by atoms with E-state index in [9.17, 15) is 14.0 Å². The highest BCUT2D eigenvalue weighted by molar-refractivity contribution is 5.96. The highest BCUT2D eigenvalue weighted by atomic mass is 19.1. The lowest BCUT2D eigenvalue weighted by Crippen LogP contribution is -2.30. The number of hydrogen-bond acceptors (Lipinski definition) is 3. The highest BCUT2D eigenvalue weighted by Crippen LogP contribution is 2.21.